The molecule has 2 aliphatic rings. The highest BCUT2D eigenvalue weighted by atomic mass is 35.5. The molecule has 120 valence electrons. The molecule has 2 aliphatic heterocycles. The van der Waals surface area contributed by atoms with E-state index in [1.54, 1.807) is 18.2 Å². The van der Waals surface area contributed by atoms with Crippen molar-refractivity contribution in [2.75, 3.05) is 14.1 Å². The van der Waals surface area contributed by atoms with E-state index in [0.717, 1.165) is 15.4 Å². The topological polar surface area (TPSA) is 81.8 Å². The number of nitrogens with one attached hydrogen (secondary N) is 2. The number of hydrogen-bond acceptors (Lipinski definition) is 5. The molecule has 1 aromatic carbocycles. The Kier molecular flexibility index (Phi) is 3.83. The molecule has 0 aliphatic carbocycles. The maximum atomic E-state index is 12.3. The van der Waals surface area contributed by atoms with Gasteiger partial charge in [0.25, 0.3) is 0 Å². The number of benzene rings is 1. The summed E-state index contributed by atoms with van der Waals surface area (Å²) in [5, 5.41) is 0.628. The molecular formula is C15H15ClN4O3. The summed E-state index contributed by atoms with van der Waals surface area (Å²) in [6.07, 6.45) is 1.77. The zero-order valence-electron chi connectivity index (χ0n) is 12.5. The fourth-order valence-corrected chi connectivity index (χ4v) is 2.74. The number of barbiturate groups is 1. The summed E-state index contributed by atoms with van der Waals surface area (Å²) in [5.41, 5.74) is 7.26. The molecule has 1 aromatic rings. The van der Waals surface area contributed by atoms with Crippen molar-refractivity contribution in [3.63, 3.8) is 0 Å². The molecule has 0 aromatic heterocycles. The van der Waals surface area contributed by atoms with Gasteiger partial charge in [0.1, 0.15) is 0 Å². The molecule has 7 nitrogen and oxygen atoms in total. The standard InChI is InChI=1S/C15H15ClN4O3/c1-19-13(21)12(14(22)20(2)15(19)23)11-7-10(17-18-11)8-3-5-9(16)6-4-8/h3-7,10,12,17-18H,1-2H3/t10-/m1/s1. The van der Waals surface area contributed by atoms with Crippen LogP contribution in [0, 0.1) is 5.92 Å². The van der Waals surface area contributed by atoms with E-state index in [0.29, 0.717) is 10.7 Å². The van der Waals surface area contributed by atoms with E-state index in [1.165, 1.54) is 14.1 Å². The molecule has 0 radical (unpaired) electrons. The Bertz CT molecular complexity index is 692. The summed E-state index contributed by atoms with van der Waals surface area (Å²) in [6.45, 7) is 0. The number of hydrazine groups is 1. The third kappa shape index (κ3) is 2.58. The molecule has 1 fully saturated rings. The second-order valence-corrected chi connectivity index (χ2v) is 5.87. The van der Waals surface area contributed by atoms with Crippen molar-refractivity contribution in [3.8, 4) is 0 Å². The first-order chi connectivity index (χ1) is 10.9. The number of imide groups is 2. The van der Waals surface area contributed by atoms with Crippen LogP contribution in [0.4, 0.5) is 4.79 Å². The second-order valence-electron chi connectivity index (χ2n) is 5.43. The Balaban J connectivity index is 1.88. The molecule has 1 saturated heterocycles. The molecule has 0 spiro atoms. The monoisotopic (exact) mass is 334 g/mol. The van der Waals surface area contributed by atoms with E-state index in [1.807, 2.05) is 12.1 Å². The number of carbonyl (C=O) groups excluding carboxylic acids is 3. The highest BCUT2D eigenvalue weighted by Crippen LogP contribution is 2.27. The highest BCUT2D eigenvalue weighted by Gasteiger charge is 2.45. The van der Waals surface area contributed by atoms with E-state index in [9.17, 15) is 14.4 Å². The van der Waals surface area contributed by atoms with E-state index >= 15 is 0 Å². The Labute approximate surface area is 137 Å². The first kappa shape index (κ1) is 15.5. The third-order valence-electron chi connectivity index (χ3n) is 3.99. The molecule has 1 atom stereocenters. The van der Waals surface area contributed by atoms with Crippen LogP contribution in [0.25, 0.3) is 0 Å². The molecule has 0 bridgehead atoms. The number of nitrogens with zero attached hydrogens (tertiary/aromatic N) is 2. The van der Waals surface area contributed by atoms with Crippen molar-refractivity contribution in [1.29, 1.82) is 0 Å². The van der Waals surface area contributed by atoms with Crippen LogP contribution in [0.15, 0.2) is 36.0 Å². The number of halogens is 1. The fraction of sp³-hybridized carbons (Fsp3) is 0.267. The lowest BCUT2D eigenvalue weighted by Gasteiger charge is -2.33. The van der Waals surface area contributed by atoms with Gasteiger partial charge in [-0.1, -0.05) is 23.7 Å². The maximum Gasteiger partial charge on any atom is 0.332 e. The van der Waals surface area contributed by atoms with Crippen LogP contribution in [0.2, 0.25) is 5.02 Å². The summed E-state index contributed by atoms with van der Waals surface area (Å²) in [4.78, 5) is 38.3. The molecule has 0 unspecified atom stereocenters. The van der Waals surface area contributed by atoms with E-state index < -0.39 is 23.8 Å². The lowest BCUT2D eigenvalue weighted by Crippen LogP contribution is -2.58. The van der Waals surface area contributed by atoms with Crippen LogP contribution in [0.5, 0.6) is 0 Å². The van der Waals surface area contributed by atoms with Gasteiger partial charge in [0, 0.05) is 24.8 Å². The second kappa shape index (κ2) is 5.68. The Morgan fingerprint density at radius 3 is 2.13 bits per heavy atom. The normalized spacial score (nSPS) is 22.5. The first-order valence-electron chi connectivity index (χ1n) is 6.98. The average molecular weight is 335 g/mol. The summed E-state index contributed by atoms with van der Waals surface area (Å²) in [6, 6.07) is 6.41. The molecule has 0 saturated carbocycles. The van der Waals surface area contributed by atoms with Gasteiger partial charge in [-0.25, -0.2) is 10.2 Å². The lowest BCUT2D eigenvalue weighted by atomic mass is 9.98. The third-order valence-corrected chi connectivity index (χ3v) is 4.24. The van der Waals surface area contributed by atoms with Crippen LogP contribution >= 0.6 is 11.6 Å². The average Bonchev–Trinajstić information content (AvgIpc) is 3.01. The van der Waals surface area contributed by atoms with Crippen molar-refractivity contribution >= 4 is 29.4 Å². The molecular weight excluding hydrogens is 320 g/mol. The summed E-state index contributed by atoms with van der Waals surface area (Å²) in [7, 11) is 2.72. The Hall–Kier alpha value is -2.38. The van der Waals surface area contributed by atoms with E-state index in [-0.39, 0.29) is 6.04 Å². The Morgan fingerprint density at radius 2 is 1.57 bits per heavy atom. The summed E-state index contributed by atoms with van der Waals surface area (Å²) >= 11 is 5.87. The minimum absolute atomic E-state index is 0.198. The van der Waals surface area contributed by atoms with Gasteiger partial charge in [0.05, 0.1) is 6.04 Å². The van der Waals surface area contributed by atoms with Crippen LogP contribution in [0.3, 0.4) is 0 Å². The number of hydrogen-bond donors (Lipinski definition) is 2. The minimum Gasteiger partial charge on any atom is -0.324 e. The van der Waals surface area contributed by atoms with Crippen molar-refractivity contribution in [2.45, 2.75) is 6.04 Å². The minimum atomic E-state index is -1.05. The summed E-state index contributed by atoms with van der Waals surface area (Å²) < 4.78 is 0. The van der Waals surface area contributed by atoms with Gasteiger partial charge in [0.2, 0.25) is 11.8 Å². The smallest absolute Gasteiger partial charge is 0.324 e. The van der Waals surface area contributed by atoms with Crippen LogP contribution in [-0.4, -0.2) is 41.7 Å². The maximum absolute atomic E-state index is 12.3. The van der Waals surface area contributed by atoms with Crippen LogP contribution < -0.4 is 10.9 Å². The molecule has 23 heavy (non-hydrogen) atoms. The number of carbonyl (C=O) groups is 3. The predicted molar refractivity (Wildman–Crippen MR) is 83.0 cm³/mol. The van der Waals surface area contributed by atoms with Crippen molar-refractivity contribution in [1.82, 2.24) is 20.7 Å². The van der Waals surface area contributed by atoms with Crippen molar-refractivity contribution in [2.24, 2.45) is 5.92 Å². The Morgan fingerprint density at radius 1 is 1.00 bits per heavy atom. The van der Waals surface area contributed by atoms with Crippen molar-refractivity contribution < 1.29 is 14.4 Å². The highest BCUT2D eigenvalue weighted by molar-refractivity contribution is 6.30. The molecule has 8 heteroatoms. The molecule has 2 heterocycles. The van der Waals surface area contributed by atoms with Gasteiger partial charge in [-0.05, 0) is 23.8 Å². The SMILES string of the molecule is CN1C(=O)C(C2=C[C@H](c3ccc(Cl)cc3)NN2)C(=O)N(C)C1=O. The number of rotatable bonds is 2. The van der Waals surface area contributed by atoms with E-state index in [4.69, 9.17) is 11.6 Å². The van der Waals surface area contributed by atoms with Gasteiger partial charge < -0.3 is 5.43 Å². The van der Waals surface area contributed by atoms with Gasteiger partial charge >= 0.3 is 6.03 Å². The van der Waals surface area contributed by atoms with E-state index in [2.05, 4.69) is 10.9 Å². The fourth-order valence-electron chi connectivity index (χ4n) is 2.61. The largest absolute Gasteiger partial charge is 0.332 e. The first-order valence-corrected chi connectivity index (χ1v) is 7.35. The van der Waals surface area contributed by atoms with Gasteiger partial charge in [-0.15, -0.1) is 0 Å². The van der Waals surface area contributed by atoms with Gasteiger partial charge in [-0.2, -0.15) is 0 Å². The van der Waals surface area contributed by atoms with Crippen LogP contribution in [0.1, 0.15) is 11.6 Å². The van der Waals surface area contributed by atoms with Crippen LogP contribution in [-0.2, 0) is 9.59 Å². The quantitative estimate of drug-likeness (QED) is 0.790. The summed E-state index contributed by atoms with van der Waals surface area (Å²) in [5.74, 6) is -2.14. The van der Waals surface area contributed by atoms with Gasteiger partial charge in [-0.3, -0.25) is 19.4 Å². The molecule has 2 N–H and O–H groups in total. The zero-order chi connectivity index (χ0) is 16.7. The zero-order valence-corrected chi connectivity index (χ0v) is 13.3. The number of amides is 4. The number of urea groups is 1. The molecule has 4 amide bonds. The van der Waals surface area contributed by atoms with Crippen molar-refractivity contribution in [3.05, 3.63) is 46.6 Å². The lowest BCUT2D eigenvalue weighted by molar-refractivity contribution is -0.145. The molecule has 3 rings (SSSR count). The van der Waals surface area contributed by atoms with Gasteiger partial charge in [0.15, 0.2) is 5.92 Å². The predicted octanol–water partition coefficient (Wildman–Crippen LogP) is 1.04.